The first kappa shape index (κ1) is 12.1. The van der Waals surface area contributed by atoms with E-state index in [0.29, 0.717) is 17.9 Å². The van der Waals surface area contributed by atoms with Gasteiger partial charge in [-0.1, -0.05) is 32.9 Å². The van der Waals surface area contributed by atoms with Gasteiger partial charge >= 0.3 is 0 Å². The quantitative estimate of drug-likeness (QED) is 0.572. The molecule has 0 amide bonds. The number of nitriles is 1. The molecular weight excluding hydrogens is 202 g/mol. The summed E-state index contributed by atoms with van der Waals surface area (Å²) >= 11 is 0. The van der Waals surface area contributed by atoms with Gasteiger partial charge in [0.25, 0.3) is 0 Å². The fourth-order valence-corrected chi connectivity index (χ4v) is 1.12. The van der Waals surface area contributed by atoms with Crippen molar-refractivity contribution in [3.05, 3.63) is 24.6 Å². The molecule has 1 aromatic heterocycles. The van der Waals surface area contributed by atoms with Crippen LogP contribution in [0, 0.1) is 16.7 Å². The topological polar surface area (TPSA) is 67.4 Å². The molecule has 0 radical (unpaired) electrons. The fraction of sp³-hybridized carbons (Fsp3) is 0.455. The third kappa shape index (κ3) is 3.31. The summed E-state index contributed by atoms with van der Waals surface area (Å²) in [5.41, 5.74) is 0.359. The molecule has 0 aliphatic carbocycles. The molecule has 0 atom stereocenters. The van der Waals surface area contributed by atoms with E-state index in [1.807, 2.05) is 26.8 Å². The van der Waals surface area contributed by atoms with E-state index in [0.717, 1.165) is 0 Å². The van der Waals surface area contributed by atoms with Gasteiger partial charge in [0.2, 0.25) is 5.82 Å². The van der Waals surface area contributed by atoms with Crippen molar-refractivity contribution < 1.29 is 0 Å². The lowest BCUT2D eigenvalue weighted by Gasteiger charge is -2.11. The summed E-state index contributed by atoms with van der Waals surface area (Å²) in [6.45, 7) is 10.1. The van der Waals surface area contributed by atoms with Crippen molar-refractivity contribution in [3.8, 4) is 6.07 Å². The highest BCUT2D eigenvalue weighted by Crippen LogP contribution is 2.20. The van der Waals surface area contributed by atoms with Gasteiger partial charge in [-0.05, 0) is 10.6 Å². The highest BCUT2D eigenvalue weighted by atomic mass is 15.6. The minimum Gasteiger partial charge on any atom is -0.192 e. The zero-order chi connectivity index (χ0) is 12.2. The molecule has 0 aliphatic rings. The van der Waals surface area contributed by atoms with E-state index in [4.69, 9.17) is 5.26 Å². The molecule has 16 heavy (non-hydrogen) atoms. The smallest absolute Gasteiger partial charge is 0.192 e. The molecule has 0 saturated carbocycles. The molecule has 0 unspecified atom stereocenters. The van der Waals surface area contributed by atoms with E-state index in [1.165, 1.54) is 4.80 Å². The van der Waals surface area contributed by atoms with Crippen LogP contribution in [0.25, 0.3) is 5.57 Å². The summed E-state index contributed by atoms with van der Waals surface area (Å²) < 4.78 is 0. The summed E-state index contributed by atoms with van der Waals surface area (Å²) in [4.78, 5) is 1.40. The summed E-state index contributed by atoms with van der Waals surface area (Å²) in [5, 5.41) is 20.8. The lowest BCUT2D eigenvalue weighted by Crippen LogP contribution is -2.02. The van der Waals surface area contributed by atoms with Gasteiger partial charge in [-0.3, -0.25) is 0 Å². The Bertz CT molecular complexity index is 442. The maximum atomic E-state index is 9.03. The van der Waals surface area contributed by atoms with Gasteiger partial charge in [0.1, 0.15) is 6.07 Å². The Hall–Kier alpha value is -1.96. The number of hydrogen-bond donors (Lipinski definition) is 0. The summed E-state index contributed by atoms with van der Waals surface area (Å²) in [6.07, 6.45) is 3.51. The molecule has 1 aromatic rings. The van der Waals surface area contributed by atoms with Crippen LogP contribution < -0.4 is 0 Å². The highest BCUT2D eigenvalue weighted by molar-refractivity contribution is 5.72. The van der Waals surface area contributed by atoms with Gasteiger partial charge in [0, 0.05) is 0 Å². The molecule has 0 fully saturated rings. The first-order valence-corrected chi connectivity index (χ1v) is 4.98. The van der Waals surface area contributed by atoms with Gasteiger partial charge in [-0.25, -0.2) is 0 Å². The number of tetrazole rings is 1. The van der Waals surface area contributed by atoms with Crippen LogP contribution in [0.15, 0.2) is 18.7 Å². The predicted molar refractivity (Wildman–Crippen MR) is 61.1 cm³/mol. The van der Waals surface area contributed by atoms with E-state index in [-0.39, 0.29) is 5.41 Å². The minimum absolute atomic E-state index is 0.0883. The Morgan fingerprint density at radius 1 is 1.56 bits per heavy atom. The van der Waals surface area contributed by atoms with Gasteiger partial charge in [-0.15, -0.1) is 16.8 Å². The summed E-state index contributed by atoms with van der Waals surface area (Å²) in [5.74, 6) is 0.360. The van der Waals surface area contributed by atoms with Gasteiger partial charge in [-0.2, -0.15) is 10.1 Å². The van der Waals surface area contributed by atoms with E-state index in [1.54, 1.807) is 6.08 Å². The Morgan fingerprint density at radius 3 is 2.75 bits per heavy atom. The Kier molecular flexibility index (Phi) is 3.56. The van der Waals surface area contributed by atoms with Crippen LogP contribution in [-0.4, -0.2) is 20.2 Å². The van der Waals surface area contributed by atoms with Crippen LogP contribution in [0.1, 0.15) is 26.6 Å². The molecular formula is C11H15N5. The van der Waals surface area contributed by atoms with Gasteiger partial charge < -0.3 is 0 Å². The molecule has 0 aliphatic heterocycles. The molecule has 0 saturated heterocycles. The summed E-state index contributed by atoms with van der Waals surface area (Å²) in [6, 6.07) is 2.09. The lowest BCUT2D eigenvalue weighted by molar-refractivity contribution is 0.545. The molecule has 0 aromatic carbocycles. The van der Waals surface area contributed by atoms with Crippen LogP contribution in [-0.2, 0) is 6.54 Å². The Labute approximate surface area is 95.1 Å². The second-order valence-electron chi connectivity index (χ2n) is 4.49. The monoisotopic (exact) mass is 217 g/mol. The molecule has 0 N–H and O–H groups in total. The van der Waals surface area contributed by atoms with Crippen LogP contribution in [0.5, 0.6) is 0 Å². The van der Waals surface area contributed by atoms with Crippen molar-refractivity contribution in [2.24, 2.45) is 5.41 Å². The lowest BCUT2D eigenvalue weighted by atomic mass is 9.93. The first-order valence-electron chi connectivity index (χ1n) is 4.98. The van der Waals surface area contributed by atoms with Gasteiger partial charge in [0.05, 0.1) is 12.1 Å². The van der Waals surface area contributed by atoms with Crippen molar-refractivity contribution >= 4 is 5.57 Å². The molecule has 1 rings (SSSR count). The predicted octanol–water partition coefficient (Wildman–Crippen LogP) is 1.81. The van der Waals surface area contributed by atoms with Crippen molar-refractivity contribution in [3.63, 3.8) is 0 Å². The molecule has 5 nitrogen and oxygen atoms in total. The number of hydrogen-bond acceptors (Lipinski definition) is 4. The maximum absolute atomic E-state index is 9.03. The van der Waals surface area contributed by atoms with Gasteiger partial charge in [0.15, 0.2) is 0 Å². The largest absolute Gasteiger partial charge is 0.215 e. The number of rotatable bonds is 3. The fourth-order valence-electron chi connectivity index (χ4n) is 1.12. The molecule has 0 bridgehead atoms. The van der Waals surface area contributed by atoms with Crippen LogP contribution in [0.3, 0.4) is 0 Å². The molecule has 5 heteroatoms. The molecule has 0 spiro atoms. The molecule has 84 valence electrons. The minimum atomic E-state index is -0.0883. The normalized spacial score (nSPS) is 12.2. The Balaban J connectivity index is 3.01. The average molecular weight is 217 g/mol. The van der Waals surface area contributed by atoms with Crippen LogP contribution in [0.2, 0.25) is 0 Å². The zero-order valence-corrected chi connectivity index (χ0v) is 9.80. The average Bonchev–Trinajstić information content (AvgIpc) is 2.62. The maximum Gasteiger partial charge on any atom is 0.215 e. The van der Waals surface area contributed by atoms with Crippen molar-refractivity contribution in [2.75, 3.05) is 0 Å². The van der Waals surface area contributed by atoms with Crippen molar-refractivity contribution in [1.29, 1.82) is 5.26 Å². The second-order valence-corrected chi connectivity index (χ2v) is 4.49. The third-order valence-corrected chi connectivity index (χ3v) is 1.68. The zero-order valence-electron chi connectivity index (χ0n) is 9.80. The van der Waals surface area contributed by atoms with Crippen LogP contribution >= 0.6 is 0 Å². The standard InChI is InChI=1S/C11H15N5/c1-5-6-16-14-10(13-15-16)9(8-12)7-11(2,3)4/h5,7H,1,6H2,2-4H3/b9-7-. The number of nitrogens with zero attached hydrogens (tertiary/aromatic N) is 5. The summed E-state index contributed by atoms with van der Waals surface area (Å²) in [7, 11) is 0. The second kappa shape index (κ2) is 4.71. The van der Waals surface area contributed by atoms with Crippen molar-refractivity contribution in [1.82, 2.24) is 20.2 Å². The van der Waals surface area contributed by atoms with Crippen LogP contribution in [0.4, 0.5) is 0 Å². The first-order chi connectivity index (χ1) is 7.46. The van der Waals surface area contributed by atoms with E-state index in [9.17, 15) is 0 Å². The Morgan fingerprint density at radius 2 is 2.25 bits per heavy atom. The highest BCUT2D eigenvalue weighted by Gasteiger charge is 2.13. The SMILES string of the molecule is C=CCn1nnc(/C(C#N)=C\C(C)(C)C)n1. The van der Waals surface area contributed by atoms with E-state index < -0.39 is 0 Å². The third-order valence-electron chi connectivity index (χ3n) is 1.68. The van der Waals surface area contributed by atoms with Crippen molar-refractivity contribution in [2.45, 2.75) is 27.3 Å². The number of aromatic nitrogens is 4. The van der Waals surface area contributed by atoms with E-state index in [2.05, 4.69) is 28.1 Å². The number of allylic oxidation sites excluding steroid dienone is 3. The molecule has 1 heterocycles. The van der Waals surface area contributed by atoms with E-state index >= 15 is 0 Å².